The Morgan fingerprint density at radius 1 is 1.39 bits per heavy atom. The van der Waals surface area contributed by atoms with Gasteiger partial charge in [-0.15, -0.1) is 0 Å². The third-order valence-electron chi connectivity index (χ3n) is 3.84. The molecule has 0 atom stereocenters. The summed E-state index contributed by atoms with van der Waals surface area (Å²) in [6, 6.07) is 5.13. The first-order valence-corrected chi connectivity index (χ1v) is 7.77. The fourth-order valence-electron chi connectivity index (χ4n) is 2.59. The Morgan fingerprint density at radius 3 is 2.70 bits per heavy atom. The van der Waals surface area contributed by atoms with Crippen molar-refractivity contribution in [2.24, 2.45) is 0 Å². The number of benzene rings is 1. The van der Waals surface area contributed by atoms with Crippen molar-refractivity contribution in [3.63, 3.8) is 0 Å². The van der Waals surface area contributed by atoms with E-state index in [9.17, 15) is 9.59 Å². The number of aliphatic carboxylic acids is 1. The molecule has 0 saturated carbocycles. The molecule has 1 fully saturated rings. The van der Waals surface area contributed by atoms with Crippen LogP contribution in [-0.2, 0) is 14.3 Å². The first-order valence-electron chi connectivity index (χ1n) is 7.40. The van der Waals surface area contributed by atoms with Crippen LogP contribution in [0.1, 0.15) is 24.8 Å². The summed E-state index contributed by atoms with van der Waals surface area (Å²) < 4.78 is 10.7. The van der Waals surface area contributed by atoms with Gasteiger partial charge in [-0.2, -0.15) is 0 Å². The van der Waals surface area contributed by atoms with Crippen molar-refractivity contribution in [3.05, 3.63) is 28.8 Å². The second-order valence-corrected chi connectivity index (χ2v) is 6.12. The Morgan fingerprint density at radius 2 is 2.09 bits per heavy atom. The fraction of sp³-hybridized carbons (Fsp3) is 0.500. The molecule has 1 amide bonds. The highest BCUT2D eigenvalue weighted by Crippen LogP contribution is 2.25. The van der Waals surface area contributed by atoms with Crippen molar-refractivity contribution in [1.82, 2.24) is 5.32 Å². The van der Waals surface area contributed by atoms with Gasteiger partial charge in [-0.05, 0) is 43.5 Å². The lowest BCUT2D eigenvalue weighted by molar-refractivity contribution is -0.140. The van der Waals surface area contributed by atoms with Crippen molar-refractivity contribution in [3.8, 4) is 5.75 Å². The number of hydrogen-bond acceptors (Lipinski definition) is 4. The lowest BCUT2D eigenvalue weighted by Gasteiger charge is -2.36. The van der Waals surface area contributed by atoms with Crippen LogP contribution in [-0.4, -0.2) is 42.3 Å². The van der Waals surface area contributed by atoms with Gasteiger partial charge >= 0.3 is 5.97 Å². The molecule has 0 unspecified atom stereocenters. The van der Waals surface area contributed by atoms with E-state index in [1.54, 1.807) is 18.2 Å². The summed E-state index contributed by atoms with van der Waals surface area (Å²) in [6.07, 6.45) is 0.832. The molecule has 23 heavy (non-hydrogen) atoms. The number of ether oxygens (including phenoxy) is 2. The maximum Gasteiger partial charge on any atom is 0.305 e. The summed E-state index contributed by atoms with van der Waals surface area (Å²) in [5, 5.41) is 12.5. The second-order valence-electron chi connectivity index (χ2n) is 5.71. The van der Waals surface area contributed by atoms with Gasteiger partial charge in [-0.25, -0.2) is 0 Å². The molecule has 0 aliphatic carbocycles. The van der Waals surface area contributed by atoms with Gasteiger partial charge in [0, 0.05) is 18.2 Å². The molecule has 1 aliphatic rings. The molecule has 0 spiro atoms. The number of aryl methyl sites for hydroxylation is 1. The van der Waals surface area contributed by atoms with Gasteiger partial charge in [0.05, 0.1) is 12.0 Å². The van der Waals surface area contributed by atoms with Crippen LogP contribution in [0.2, 0.25) is 5.02 Å². The van der Waals surface area contributed by atoms with Gasteiger partial charge in [0.2, 0.25) is 0 Å². The molecule has 7 heteroatoms. The number of carbonyl (C=O) groups is 2. The molecular formula is C16H20ClNO5. The summed E-state index contributed by atoms with van der Waals surface area (Å²) >= 11 is 5.94. The standard InChI is InChI=1S/C16H20ClNO5/c1-11-8-12(2-3-13(11)17)23-10-14(19)18-16(9-15(20)21)4-6-22-7-5-16/h2-3,8H,4-7,9-10H2,1H3,(H,18,19)(H,20,21). The van der Waals surface area contributed by atoms with Crippen molar-refractivity contribution >= 4 is 23.5 Å². The van der Waals surface area contributed by atoms with E-state index in [2.05, 4.69) is 5.32 Å². The molecule has 1 heterocycles. The average molecular weight is 342 g/mol. The SMILES string of the molecule is Cc1cc(OCC(=O)NC2(CC(=O)O)CCOCC2)ccc1Cl. The van der Waals surface area contributed by atoms with Crippen molar-refractivity contribution < 1.29 is 24.2 Å². The minimum Gasteiger partial charge on any atom is -0.484 e. The molecule has 126 valence electrons. The minimum atomic E-state index is -0.943. The Bertz CT molecular complexity index is 584. The van der Waals surface area contributed by atoms with Crippen LogP contribution < -0.4 is 10.1 Å². The van der Waals surface area contributed by atoms with Crippen molar-refractivity contribution in [2.75, 3.05) is 19.8 Å². The lowest BCUT2D eigenvalue weighted by Crippen LogP contribution is -2.54. The highest BCUT2D eigenvalue weighted by atomic mass is 35.5. The first kappa shape index (κ1) is 17.6. The largest absolute Gasteiger partial charge is 0.484 e. The highest BCUT2D eigenvalue weighted by Gasteiger charge is 2.36. The van der Waals surface area contributed by atoms with Crippen LogP contribution in [0.25, 0.3) is 0 Å². The lowest BCUT2D eigenvalue weighted by atomic mass is 9.86. The van der Waals surface area contributed by atoms with Gasteiger partial charge in [-0.3, -0.25) is 9.59 Å². The van der Waals surface area contributed by atoms with Gasteiger partial charge < -0.3 is 19.9 Å². The zero-order chi connectivity index (χ0) is 16.9. The summed E-state index contributed by atoms with van der Waals surface area (Å²) in [4.78, 5) is 23.2. The van der Waals surface area contributed by atoms with Crippen LogP contribution in [0.4, 0.5) is 0 Å². The predicted molar refractivity (Wildman–Crippen MR) is 84.9 cm³/mol. The maximum absolute atomic E-state index is 12.1. The van der Waals surface area contributed by atoms with E-state index in [4.69, 9.17) is 26.2 Å². The number of nitrogens with one attached hydrogen (secondary N) is 1. The maximum atomic E-state index is 12.1. The zero-order valence-corrected chi connectivity index (χ0v) is 13.7. The van der Waals surface area contributed by atoms with Crippen LogP contribution in [0.15, 0.2) is 18.2 Å². The molecule has 2 rings (SSSR count). The molecule has 0 bridgehead atoms. The number of amides is 1. The Labute approximate surface area is 139 Å². The molecular weight excluding hydrogens is 322 g/mol. The quantitative estimate of drug-likeness (QED) is 0.828. The van der Waals surface area contributed by atoms with E-state index >= 15 is 0 Å². The summed E-state index contributed by atoms with van der Waals surface area (Å²) in [7, 11) is 0. The monoisotopic (exact) mass is 341 g/mol. The zero-order valence-electron chi connectivity index (χ0n) is 12.9. The van der Waals surface area contributed by atoms with E-state index in [1.807, 2.05) is 6.92 Å². The highest BCUT2D eigenvalue weighted by molar-refractivity contribution is 6.31. The summed E-state index contributed by atoms with van der Waals surface area (Å²) in [6.45, 7) is 2.54. The van der Waals surface area contributed by atoms with E-state index in [0.717, 1.165) is 5.56 Å². The van der Waals surface area contributed by atoms with Gasteiger partial charge in [0.1, 0.15) is 5.75 Å². The average Bonchev–Trinajstić information content (AvgIpc) is 2.48. The molecule has 2 N–H and O–H groups in total. The molecule has 1 aromatic carbocycles. The van der Waals surface area contributed by atoms with E-state index < -0.39 is 11.5 Å². The molecule has 1 saturated heterocycles. The van der Waals surface area contributed by atoms with Crippen molar-refractivity contribution in [1.29, 1.82) is 0 Å². The van der Waals surface area contributed by atoms with Crippen LogP contribution in [0.5, 0.6) is 5.75 Å². The van der Waals surface area contributed by atoms with Crippen LogP contribution >= 0.6 is 11.6 Å². The Hall–Kier alpha value is -1.79. The number of carbonyl (C=O) groups excluding carboxylic acids is 1. The number of hydrogen-bond donors (Lipinski definition) is 2. The molecule has 0 aromatic heterocycles. The van der Waals surface area contributed by atoms with Gasteiger partial charge in [0.25, 0.3) is 5.91 Å². The third-order valence-corrected chi connectivity index (χ3v) is 4.27. The van der Waals surface area contributed by atoms with E-state index in [-0.39, 0.29) is 18.9 Å². The van der Waals surface area contributed by atoms with Gasteiger partial charge in [-0.1, -0.05) is 11.6 Å². The normalized spacial score (nSPS) is 16.6. The smallest absolute Gasteiger partial charge is 0.305 e. The van der Waals surface area contributed by atoms with E-state index in [1.165, 1.54) is 0 Å². The topological polar surface area (TPSA) is 84.9 Å². The molecule has 0 radical (unpaired) electrons. The van der Waals surface area contributed by atoms with Gasteiger partial charge in [0.15, 0.2) is 6.61 Å². The van der Waals surface area contributed by atoms with Crippen LogP contribution in [0, 0.1) is 6.92 Å². The van der Waals surface area contributed by atoms with Crippen LogP contribution in [0.3, 0.4) is 0 Å². The number of carboxylic acids is 1. The number of carboxylic acid groups (broad SMARTS) is 1. The predicted octanol–water partition coefficient (Wildman–Crippen LogP) is 2.17. The number of rotatable bonds is 6. The van der Waals surface area contributed by atoms with E-state index in [0.29, 0.717) is 36.8 Å². The molecule has 1 aliphatic heterocycles. The van der Waals surface area contributed by atoms with Crippen molar-refractivity contribution in [2.45, 2.75) is 31.7 Å². The summed E-state index contributed by atoms with van der Waals surface area (Å²) in [5.41, 5.74) is 0.0943. The molecule has 1 aromatic rings. The second kappa shape index (κ2) is 7.66. The Kier molecular flexibility index (Phi) is 5.85. The minimum absolute atomic E-state index is 0.123. The number of halogens is 1. The Balaban J connectivity index is 1.93. The summed E-state index contributed by atoms with van der Waals surface area (Å²) in [5.74, 6) is -0.747. The third kappa shape index (κ3) is 5.11. The molecule has 6 nitrogen and oxygen atoms in total. The fourth-order valence-corrected chi connectivity index (χ4v) is 2.70. The first-order chi connectivity index (χ1) is 10.9.